The van der Waals surface area contributed by atoms with Gasteiger partial charge in [-0.15, -0.1) is 0 Å². The summed E-state index contributed by atoms with van der Waals surface area (Å²) in [7, 11) is -3.32. The highest BCUT2D eigenvalue weighted by Gasteiger charge is 2.16. The quantitative estimate of drug-likeness (QED) is 0.851. The topological polar surface area (TPSA) is 125 Å². The molecule has 0 spiro atoms. The molecule has 8 heteroatoms. The number of nitrogens with two attached hydrogens (primary N) is 2. The van der Waals surface area contributed by atoms with Gasteiger partial charge in [0.2, 0.25) is 5.95 Å². The molecule has 0 fully saturated rings. The van der Waals surface area contributed by atoms with Gasteiger partial charge in [-0.05, 0) is 18.6 Å². The smallest absolute Gasteiger partial charge is 0.222 e. The molecular weight excluding hydrogens is 278 g/mol. The van der Waals surface area contributed by atoms with Crippen molar-refractivity contribution in [3.63, 3.8) is 0 Å². The van der Waals surface area contributed by atoms with Gasteiger partial charge in [-0.3, -0.25) is 4.98 Å². The second-order valence-corrected chi connectivity index (χ2v) is 6.31. The summed E-state index contributed by atoms with van der Waals surface area (Å²) in [6.07, 6.45) is 3.13. The molecule has 0 aliphatic carbocycles. The van der Waals surface area contributed by atoms with Gasteiger partial charge < -0.3 is 11.5 Å². The highest BCUT2D eigenvalue weighted by molar-refractivity contribution is 7.90. The van der Waals surface area contributed by atoms with Gasteiger partial charge in [0.25, 0.3) is 0 Å². The molecular formula is C12H15N5O2S. The predicted octanol–water partition coefficient (Wildman–Crippen LogP) is 0.669. The van der Waals surface area contributed by atoms with Gasteiger partial charge in [-0.1, -0.05) is 6.92 Å². The summed E-state index contributed by atoms with van der Waals surface area (Å²) in [6.45, 7) is 1.89. The van der Waals surface area contributed by atoms with Crippen molar-refractivity contribution >= 4 is 21.6 Å². The molecule has 4 N–H and O–H groups in total. The van der Waals surface area contributed by atoms with Crippen LogP contribution in [0.4, 0.5) is 11.8 Å². The van der Waals surface area contributed by atoms with E-state index in [1.54, 1.807) is 0 Å². The molecule has 0 aliphatic heterocycles. The molecule has 20 heavy (non-hydrogen) atoms. The molecule has 2 aromatic heterocycles. The number of aryl methyl sites for hydroxylation is 1. The van der Waals surface area contributed by atoms with Crippen molar-refractivity contribution in [3.05, 3.63) is 24.0 Å². The minimum atomic E-state index is -3.32. The Labute approximate surface area is 117 Å². The number of hydrogen-bond acceptors (Lipinski definition) is 7. The minimum Gasteiger partial charge on any atom is -0.383 e. The van der Waals surface area contributed by atoms with E-state index in [4.69, 9.17) is 11.5 Å². The second-order valence-electron chi connectivity index (χ2n) is 4.29. The SMILES string of the molecule is CCc1nc(N)nc(N)c1-c1cc(S(C)(=O)=O)ccn1. The first-order chi connectivity index (χ1) is 9.32. The predicted molar refractivity (Wildman–Crippen MR) is 76.6 cm³/mol. The third-order valence-electron chi connectivity index (χ3n) is 2.78. The standard InChI is InChI=1S/C12H15N5O2S/c1-3-8-10(11(13)17-12(14)16-8)9-6-7(4-5-15-9)20(2,18)19/h4-6H,3H2,1-2H3,(H4,13,14,16,17). The van der Waals surface area contributed by atoms with Gasteiger partial charge in [0, 0.05) is 12.5 Å². The van der Waals surface area contributed by atoms with Crippen molar-refractivity contribution in [3.8, 4) is 11.3 Å². The van der Waals surface area contributed by atoms with Crippen LogP contribution in [0.25, 0.3) is 11.3 Å². The molecule has 0 unspecified atom stereocenters. The first kappa shape index (κ1) is 14.2. The van der Waals surface area contributed by atoms with Crippen LogP contribution in [0.3, 0.4) is 0 Å². The lowest BCUT2D eigenvalue weighted by Crippen LogP contribution is -2.07. The Bertz CT molecular complexity index is 758. The summed E-state index contributed by atoms with van der Waals surface area (Å²) in [5.41, 5.74) is 13.0. The minimum absolute atomic E-state index is 0.0855. The molecule has 0 amide bonds. The Hall–Kier alpha value is -2.22. The Morgan fingerprint density at radius 2 is 1.95 bits per heavy atom. The van der Waals surface area contributed by atoms with Crippen LogP contribution in [0.1, 0.15) is 12.6 Å². The molecule has 0 aromatic carbocycles. The average molecular weight is 293 g/mol. The van der Waals surface area contributed by atoms with Crippen molar-refractivity contribution in [2.75, 3.05) is 17.7 Å². The lowest BCUT2D eigenvalue weighted by atomic mass is 10.1. The molecule has 0 radical (unpaired) electrons. The van der Waals surface area contributed by atoms with Crippen molar-refractivity contribution in [1.29, 1.82) is 0 Å². The molecule has 106 valence electrons. The highest BCUT2D eigenvalue weighted by Crippen LogP contribution is 2.28. The number of aromatic nitrogens is 3. The molecule has 2 heterocycles. The monoisotopic (exact) mass is 293 g/mol. The number of pyridine rings is 1. The van der Waals surface area contributed by atoms with Gasteiger partial charge in [-0.2, -0.15) is 4.98 Å². The zero-order valence-electron chi connectivity index (χ0n) is 11.2. The summed E-state index contributed by atoms with van der Waals surface area (Å²) >= 11 is 0. The zero-order valence-corrected chi connectivity index (χ0v) is 12.0. The average Bonchev–Trinajstić information content (AvgIpc) is 2.36. The van der Waals surface area contributed by atoms with Crippen LogP contribution in [0.15, 0.2) is 23.2 Å². The third-order valence-corrected chi connectivity index (χ3v) is 3.89. The molecule has 2 aromatic rings. The number of rotatable bonds is 3. The summed E-state index contributed by atoms with van der Waals surface area (Å²) < 4.78 is 23.2. The fourth-order valence-corrected chi connectivity index (χ4v) is 2.49. The normalized spacial score (nSPS) is 11.5. The number of nitrogens with zero attached hydrogens (tertiary/aromatic N) is 3. The molecule has 0 atom stereocenters. The maximum absolute atomic E-state index is 11.6. The molecule has 0 saturated heterocycles. The largest absolute Gasteiger partial charge is 0.383 e. The van der Waals surface area contributed by atoms with Crippen LogP contribution in [0.2, 0.25) is 0 Å². The summed E-state index contributed by atoms with van der Waals surface area (Å²) in [6, 6.07) is 2.89. The molecule has 0 bridgehead atoms. The summed E-state index contributed by atoms with van der Waals surface area (Å²) in [5, 5.41) is 0. The Balaban J connectivity index is 2.69. The zero-order chi connectivity index (χ0) is 14.9. The fourth-order valence-electron chi connectivity index (χ4n) is 1.86. The Morgan fingerprint density at radius 3 is 2.55 bits per heavy atom. The third kappa shape index (κ3) is 2.69. The molecule has 7 nitrogen and oxygen atoms in total. The van der Waals surface area contributed by atoms with E-state index < -0.39 is 9.84 Å². The number of sulfone groups is 1. The van der Waals surface area contributed by atoms with Crippen LogP contribution in [0, 0.1) is 0 Å². The maximum Gasteiger partial charge on any atom is 0.222 e. The van der Waals surface area contributed by atoms with E-state index in [0.29, 0.717) is 23.4 Å². The molecule has 0 saturated carbocycles. The first-order valence-corrected chi connectivity index (χ1v) is 7.80. The molecule has 0 aliphatic rings. The number of nitrogen functional groups attached to an aromatic ring is 2. The first-order valence-electron chi connectivity index (χ1n) is 5.91. The fraction of sp³-hybridized carbons (Fsp3) is 0.250. The summed E-state index contributed by atoms with van der Waals surface area (Å²) in [5.74, 6) is 0.273. The maximum atomic E-state index is 11.6. The van der Waals surface area contributed by atoms with E-state index in [0.717, 1.165) is 6.26 Å². The van der Waals surface area contributed by atoms with E-state index in [2.05, 4.69) is 15.0 Å². The van der Waals surface area contributed by atoms with Crippen LogP contribution in [-0.2, 0) is 16.3 Å². The van der Waals surface area contributed by atoms with E-state index in [1.165, 1.54) is 18.3 Å². The van der Waals surface area contributed by atoms with Gasteiger partial charge >= 0.3 is 0 Å². The van der Waals surface area contributed by atoms with E-state index in [9.17, 15) is 8.42 Å². The van der Waals surface area contributed by atoms with E-state index in [1.807, 2.05) is 6.92 Å². The van der Waals surface area contributed by atoms with E-state index in [-0.39, 0.29) is 16.7 Å². The highest BCUT2D eigenvalue weighted by atomic mass is 32.2. The van der Waals surface area contributed by atoms with Crippen molar-refractivity contribution in [2.45, 2.75) is 18.2 Å². The van der Waals surface area contributed by atoms with Crippen molar-refractivity contribution in [1.82, 2.24) is 15.0 Å². The van der Waals surface area contributed by atoms with Crippen LogP contribution < -0.4 is 11.5 Å². The number of anilines is 2. The lowest BCUT2D eigenvalue weighted by molar-refractivity contribution is 0.602. The Morgan fingerprint density at radius 1 is 1.25 bits per heavy atom. The van der Waals surface area contributed by atoms with Gasteiger partial charge in [0.15, 0.2) is 9.84 Å². The van der Waals surface area contributed by atoms with E-state index >= 15 is 0 Å². The van der Waals surface area contributed by atoms with Crippen molar-refractivity contribution in [2.24, 2.45) is 0 Å². The van der Waals surface area contributed by atoms with Crippen LogP contribution in [0.5, 0.6) is 0 Å². The second kappa shape index (κ2) is 5.04. The lowest BCUT2D eigenvalue weighted by Gasteiger charge is -2.10. The summed E-state index contributed by atoms with van der Waals surface area (Å²) in [4.78, 5) is 12.3. The van der Waals surface area contributed by atoms with Crippen LogP contribution in [-0.4, -0.2) is 29.6 Å². The molecule has 2 rings (SSSR count). The van der Waals surface area contributed by atoms with Crippen LogP contribution >= 0.6 is 0 Å². The van der Waals surface area contributed by atoms with Gasteiger partial charge in [0.05, 0.1) is 21.8 Å². The van der Waals surface area contributed by atoms with Crippen molar-refractivity contribution < 1.29 is 8.42 Å². The number of hydrogen-bond donors (Lipinski definition) is 2. The Kier molecular flexibility index (Phi) is 3.58. The van der Waals surface area contributed by atoms with Gasteiger partial charge in [-0.25, -0.2) is 13.4 Å². The van der Waals surface area contributed by atoms with Gasteiger partial charge in [0.1, 0.15) is 5.82 Å².